The smallest absolute Gasteiger partial charge is 0.259 e. The van der Waals surface area contributed by atoms with Gasteiger partial charge in [0.05, 0.1) is 18.9 Å². The zero-order valence-corrected chi connectivity index (χ0v) is 17.3. The number of nitrogens with one attached hydrogen (secondary N) is 1. The molecule has 4 rings (SSSR count). The molecule has 1 aliphatic rings. The molecule has 3 aromatic heterocycles. The largest absolute Gasteiger partial charge is 0.494 e. The Labute approximate surface area is 175 Å². The summed E-state index contributed by atoms with van der Waals surface area (Å²) in [5.74, 6) is 0.0308. The molecule has 1 fully saturated rings. The Morgan fingerprint density at radius 2 is 2.03 bits per heavy atom. The van der Waals surface area contributed by atoms with Crippen molar-refractivity contribution in [2.24, 2.45) is 0 Å². The van der Waals surface area contributed by atoms with Crippen LogP contribution in [0.3, 0.4) is 0 Å². The van der Waals surface area contributed by atoms with Crippen molar-refractivity contribution in [2.75, 3.05) is 12.4 Å². The maximum Gasteiger partial charge on any atom is 0.259 e. The number of alkyl halides is 1. The topological polar surface area (TPSA) is 89.9 Å². The molecule has 0 aromatic carbocycles. The van der Waals surface area contributed by atoms with E-state index >= 15 is 0 Å². The predicted octanol–water partition coefficient (Wildman–Crippen LogP) is 4.57. The predicted molar refractivity (Wildman–Crippen MR) is 108 cm³/mol. The minimum atomic E-state index is -1.42. The van der Waals surface area contributed by atoms with Crippen LogP contribution in [0.2, 0.25) is 5.15 Å². The van der Waals surface area contributed by atoms with E-state index in [-0.39, 0.29) is 10.3 Å². The van der Waals surface area contributed by atoms with Gasteiger partial charge >= 0.3 is 0 Å². The van der Waals surface area contributed by atoms with E-state index in [1.165, 1.54) is 19.5 Å². The Bertz CT molecular complexity index is 1090. The standard InChI is InChI=1S/C19H17ClFN5O2S/c1-10-6-11(12-7-15(20)23-9-14(12)28-2)13(8-22-10)16(27)24-18-26-25-17(29-18)19(21)4-3-5-19/h6-9H,3-5H2,1-2H3,(H,24,26,27). The van der Waals surface area contributed by atoms with Crippen molar-refractivity contribution < 1.29 is 13.9 Å². The number of aromatic nitrogens is 4. The summed E-state index contributed by atoms with van der Waals surface area (Å²) in [6.45, 7) is 1.82. The molecule has 0 atom stereocenters. The molecule has 3 aromatic rings. The van der Waals surface area contributed by atoms with E-state index in [0.29, 0.717) is 46.0 Å². The van der Waals surface area contributed by atoms with Gasteiger partial charge < -0.3 is 4.74 Å². The molecule has 0 unspecified atom stereocenters. The molecule has 0 bridgehead atoms. The summed E-state index contributed by atoms with van der Waals surface area (Å²) in [6, 6.07) is 3.39. The molecule has 0 radical (unpaired) electrons. The number of rotatable bonds is 5. The fourth-order valence-electron chi connectivity index (χ4n) is 3.07. The highest BCUT2D eigenvalue weighted by molar-refractivity contribution is 7.15. The van der Waals surface area contributed by atoms with Crippen LogP contribution in [0.15, 0.2) is 24.5 Å². The zero-order valence-electron chi connectivity index (χ0n) is 15.7. The number of methoxy groups -OCH3 is 1. The number of hydrogen-bond donors (Lipinski definition) is 1. The first-order valence-corrected chi connectivity index (χ1v) is 10.1. The first kappa shape index (κ1) is 19.7. The normalized spacial score (nSPS) is 14.9. The highest BCUT2D eigenvalue weighted by Gasteiger charge is 2.42. The van der Waals surface area contributed by atoms with Crippen LogP contribution in [0.25, 0.3) is 11.1 Å². The average Bonchev–Trinajstić information content (AvgIpc) is 3.14. The molecule has 3 heterocycles. The molecule has 7 nitrogen and oxygen atoms in total. The molecule has 1 aliphatic carbocycles. The second-order valence-corrected chi connectivity index (χ2v) is 8.13. The average molecular weight is 434 g/mol. The monoisotopic (exact) mass is 433 g/mol. The maximum atomic E-state index is 14.5. The van der Waals surface area contributed by atoms with Crippen molar-refractivity contribution in [3.05, 3.63) is 45.9 Å². The van der Waals surface area contributed by atoms with Crippen molar-refractivity contribution in [3.8, 4) is 16.9 Å². The van der Waals surface area contributed by atoms with Gasteiger partial charge in [0, 0.05) is 23.0 Å². The van der Waals surface area contributed by atoms with Gasteiger partial charge in [0.1, 0.15) is 10.9 Å². The summed E-state index contributed by atoms with van der Waals surface area (Å²) in [4.78, 5) is 21.2. The Balaban J connectivity index is 1.67. The van der Waals surface area contributed by atoms with Gasteiger partial charge in [0.25, 0.3) is 5.91 Å². The van der Waals surface area contributed by atoms with Crippen LogP contribution in [-0.2, 0) is 5.67 Å². The fourth-order valence-corrected chi connectivity index (χ4v) is 4.11. The quantitative estimate of drug-likeness (QED) is 0.593. The van der Waals surface area contributed by atoms with E-state index in [2.05, 4.69) is 25.5 Å². The maximum absolute atomic E-state index is 14.5. The molecule has 29 heavy (non-hydrogen) atoms. The Morgan fingerprint density at radius 3 is 2.72 bits per heavy atom. The summed E-state index contributed by atoms with van der Waals surface area (Å²) in [5.41, 5.74) is 0.791. The van der Waals surface area contributed by atoms with Crippen LogP contribution in [0.5, 0.6) is 5.75 Å². The van der Waals surface area contributed by atoms with Crippen molar-refractivity contribution in [1.82, 2.24) is 20.2 Å². The molecule has 0 spiro atoms. The SMILES string of the molecule is COc1cnc(Cl)cc1-c1cc(C)ncc1C(=O)Nc1nnc(C2(F)CCC2)s1. The number of amides is 1. The second kappa shape index (κ2) is 7.64. The van der Waals surface area contributed by atoms with E-state index in [0.717, 1.165) is 17.8 Å². The third-order valence-electron chi connectivity index (χ3n) is 4.80. The number of carbonyl (C=O) groups is 1. The van der Waals surface area contributed by atoms with E-state index in [9.17, 15) is 9.18 Å². The van der Waals surface area contributed by atoms with Gasteiger partial charge in [-0.15, -0.1) is 10.2 Å². The van der Waals surface area contributed by atoms with E-state index in [1.54, 1.807) is 12.1 Å². The Hall–Kier alpha value is -2.65. The summed E-state index contributed by atoms with van der Waals surface area (Å²) >= 11 is 7.10. The highest BCUT2D eigenvalue weighted by atomic mass is 35.5. The molecule has 0 saturated heterocycles. The number of hydrogen-bond acceptors (Lipinski definition) is 7. The lowest BCUT2D eigenvalue weighted by atomic mass is 9.83. The van der Waals surface area contributed by atoms with Crippen LogP contribution in [-0.4, -0.2) is 33.2 Å². The summed E-state index contributed by atoms with van der Waals surface area (Å²) in [7, 11) is 1.51. The third-order valence-corrected chi connectivity index (χ3v) is 6.03. The lowest BCUT2D eigenvalue weighted by Gasteiger charge is -2.30. The molecule has 1 saturated carbocycles. The first-order chi connectivity index (χ1) is 13.9. The fraction of sp³-hybridized carbons (Fsp3) is 0.316. The lowest BCUT2D eigenvalue weighted by Crippen LogP contribution is -2.28. The van der Waals surface area contributed by atoms with E-state index in [1.807, 2.05) is 6.92 Å². The molecule has 150 valence electrons. The van der Waals surface area contributed by atoms with Crippen molar-refractivity contribution in [3.63, 3.8) is 0 Å². The van der Waals surface area contributed by atoms with Gasteiger partial charge in [0.15, 0.2) is 10.7 Å². The molecule has 1 amide bonds. The van der Waals surface area contributed by atoms with E-state index in [4.69, 9.17) is 16.3 Å². The van der Waals surface area contributed by atoms with Crippen molar-refractivity contribution >= 4 is 34.0 Å². The Kier molecular flexibility index (Phi) is 5.18. The van der Waals surface area contributed by atoms with Crippen LogP contribution in [0.1, 0.15) is 40.3 Å². The number of anilines is 1. The lowest BCUT2D eigenvalue weighted by molar-refractivity contribution is 0.0598. The number of halogens is 2. The third kappa shape index (κ3) is 3.79. The van der Waals surface area contributed by atoms with Crippen LogP contribution >= 0.6 is 22.9 Å². The number of ether oxygens (including phenoxy) is 1. The number of carbonyl (C=O) groups excluding carboxylic acids is 1. The number of nitrogens with zero attached hydrogens (tertiary/aromatic N) is 4. The molecule has 1 N–H and O–H groups in total. The van der Waals surface area contributed by atoms with Gasteiger partial charge in [-0.25, -0.2) is 9.37 Å². The van der Waals surface area contributed by atoms with Gasteiger partial charge in [-0.05, 0) is 38.3 Å². The first-order valence-electron chi connectivity index (χ1n) is 8.90. The summed E-state index contributed by atoms with van der Waals surface area (Å²) < 4.78 is 19.9. The molecule has 10 heteroatoms. The highest BCUT2D eigenvalue weighted by Crippen LogP contribution is 2.46. The van der Waals surface area contributed by atoms with Gasteiger partial charge in [-0.1, -0.05) is 22.9 Å². The minimum absolute atomic E-state index is 0.236. The van der Waals surface area contributed by atoms with Crippen molar-refractivity contribution in [1.29, 1.82) is 0 Å². The van der Waals surface area contributed by atoms with Crippen LogP contribution < -0.4 is 10.1 Å². The van der Waals surface area contributed by atoms with Gasteiger partial charge in [-0.2, -0.15) is 0 Å². The van der Waals surface area contributed by atoms with Crippen LogP contribution in [0, 0.1) is 6.92 Å². The summed E-state index contributed by atoms with van der Waals surface area (Å²) in [5, 5.41) is 11.3. The molecular weight excluding hydrogens is 417 g/mol. The molecular formula is C19H17ClFN5O2S. The zero-order chi connectivity index (χ0) is 20.6. The van der Waals surface area contributed by atoms with Crippen molar-refractivity contribution in [2.45, 2.75) is 31.9 Å². The van der Waals surface area contributed by atoms with E-state index < -0.39 is 11.6 Å². The number of aryl methyl sites for hydroxylation is 1. The van der Waals surface area contributed by atoms with Crippen LogP contribution in [0.4, 0.5) is 9.52 Å². The number of pyridine rings is 2. The minimum Gasteiger partial charge on any atom is -0.494 e. The molecule has 0 aliphatic heterocycles. The van der Waals surface area contributed by atoms with Gasteiger partial charge in [-0.3, -0.25) is 15.1 Å². The Morgan fingerprint density at radius 1 is 1.24 bits per heavy atom. The second-order valence-electron chi connectivity index (χ2n) is 6.76. The summed E-state index contributed by atoms with van der Waals surface area (Å²) in [6.07, 6.45) is 4.66. The van der Waals surface area contributed by atoms with Gasteiger partial charge in [0.2, 0.25) is 5.13 Å².